The van der Waals surface area contributed by atoms with E-state index in [0.717, 1.165) is 31.0 Å². The van der Waals surface area contributed by atoms with Crippen LogP contribution >= 0.6 is 0 Å². The van der Waals surface area contributed by atoms with Gasteiger partial charge in [-0.25, -0.2) is 4.98 Å². The molecule has 0 aromatic carbocycles. The lowest BCUT2D eigenvalue weighted by Gasteiger charge is -2.26. The van der Waals surface area contributed by atoms with Crippen LogP contribution in [0.2, 0.25) is 0 Å². The number of nitrogens with one attached hydrogen (secondary N) is 1. The summed E-state index contributed by atoms with van der Waals surface area (Å²) in [5.74, 6) is 1.87. The number of anilines is 1. The number of hydrogen-bond donors (Lipinski definition) is 2. The molecule has 1 aliphatic rings. The fraction of sp³-hybridized carbons (Fsp3) is 0.647. The zero-order valence-corrected chi connectivity index (χ0v) is 13.2. The molecule has 0 aliphatic heterocycles. The van der Waals surface area contributed by atoms with Gasteiger partial charge in [0.2, 0.25) is 0 Å². The molecule has 1 fully saturated rings. The average Bonchev–Trinajstić information content (AvgIpc) is 2.46. The van der Waals surface area contributed by atoms with E-state index in [1.807, 2.05) is 6.07 Å². The summed E-state index contributed by atoms with van der Waals surface area (Å²) in [6.07, 6.45) is 6.86. The number of amides is 1. The molecule has 116 valence electrons. The summed E-state index contributed by atoms with van der Waals surface area (Å²) in [4.78, 5) is 16.5. The normalized spacial score (nSPS) is 22.0. The molecule has 0 unspecified atom stereocenters. The second-order valence-corrected chi connectivity index (χ2v) is 6.36. The van der Waals surface area contributed by atoms with Crippen molar-refractivity contribution in [2.24, 2.45) is 11.8 Å². The van der Waals surface area contributed by atoms with Gasteiger partial charge in [-0.3, -0.25) is 4.79 Å². The summed E-state index contributed by atoms with van der Waals surface area (Å²) in [7, 11) is 0. The molecule has 4 nitrogen and oxygen atoms in total. The summed E-state index contributed by atoms with van der Waals surface area (Å²) in [6.45, 7) is 5.18. The van der Waals surface area contributed by atoms with Crippen LogP contribution in [0.1, 0.15) is 62.0 Å². The second-order valence-electron chi connectivity index (χ2n) is 6.36. The number of aryl methyl sites for hydroxylation is 1. The van der Waals surface area contributed by atoms with Gasteiger partial charge in [0.05, 0.1) is 0 Å². The second kappa shape index (κ2) is 7.43. The zero-order valence-electron chi connectivity index (χ0n) is 13.2. The third-order valence-electron chi connectivity index (χ3n) is 4.35. The zero-order chi connectivity index (χ0) is 15.2. The Balaban J connectivity index is 1.90. The monoisotopic (exact) mass is 289 g/mol. The molecule has 1 amide bonds. The molecular formula is C17H27N3O. The third kappa shape index (κ3) is 4.73. The number of nitrogen functional groups attached to an aromatic ring is 1. The molecule has 1 heterocycles. The van der Waals surface area contributed by atoms with E-state index < -0.39 is 0 Å². The number of pyridine rings is 1. The van der Waals surface area contributed by atoms with Gasteiger partial charge in [-0.1, -0.05) is 33.1 Å². The molecule has 1 aromatic rings. The summed E-state index contributed by atoms with van der Waals surface area (Å²) in [5.41, 5.74) is 7.32. The first kappa shape index (κ1) is 15.8. The van der Waals surface area contributed by atoms with Gasteiger partial charge in [-0.15, -0.1) is 0 Å². The Morgan fingerprint density at radius 3 is 2.71 bits per heavy atom. The van der Waals surface area contributed by atoms with E-state index in [4.69, 9.17) is 5.73 Å². The van der Waals surface area contributed by atoms with Crippen molar-refractivity contribution in [2.75, 3.05) is 12.3 Å². The third-order valence-corrected chi connectivity index (χ3v) is 4.35. The van der Waals surface area contributed by atoms with Crippen LogP contribution in [0.4, 0.5) is 5.82 Å². The van der Waals surface area contributed by atoms with Crippen LogP contribution in [0.5, 0.6) is 0 Å². The Labute approximate surface area is 127 Å². The first-order valence-corrected chi connectivity index (χ1v) is 8.13. The summed E-state index contributed by atoms with van der Waals surface area (Å²) in [6, 6.07) is 3.52. The molecule has 0 saturated heterocycles. The van der Waals surface area contributed by atoms with Gasteiger partial charge in [0, 0.05) is 17.8 Å². The predicted molar refractivity (Wildman–Crippen MR) is 86.1 cm³/mol. The van der Waals surface area contributed by atoms with Crippen molar-refractivity contribution in [3.8, 4) is 0 Å². The Morgan fingerprint density at radius 2 is 2.05 bits per heavy atom. The number of nitrogens with zero attached hydrogens (tertiary/aromatic N) is 1. The summed E-state index contributed by atoms with van der Waals surface area (Å²) in [5, 5.41) is 3.06. The van der Waals surface area contributed by atoms with Crippen molar-refractivity contribution in [1.29, 1.82) is 0 Å². The van der Waals surface area contributed by atoms with Crippen LogP contribution in [-0.2, 0) is 6.42 Å². The first-order valence-electron chi connectivity index (χ1n) is 8.13. The maximum Gasteiger partial charge on any atom is 0.251 e. The van der Waals surface area contributed by atoms with Crippen LogP contribution in [0.3, 0.4) is 0 Å². The Bertz CT molecular complexity index is 479. The minimum atomic E-state index is -0.0277. The average molecular weight is 289 g/mol. The molecule has 1 saturated carbocycles. The molecule has 3 N–H and O–H groups in total. The quantitative estimate of drug-likeness (QED) is 0.874. The molecular weight excluding hydrogens is 262 g/mol. The summed E-state index contributed by atoms with van der Waals surface area (Å²) < 4.78 is 0. The van der Waals surface area contributed by atoms with Crippen molar-refractivity contribution in [3.63, 3.8) is 0 Å². The summed E-state index contributed by atoms with van der Waals surface area (Å²) >= 11 is 0. The van der Waals surface area contributed by atoms with Crippen LogP contribution in [0, 0.1) is 11.8 Å². The van der Waals surface area contributed by atoms with Crippen LogP contribution in [0.25, 0.3) is 0 Å². The number of carbonyl (C=O) groups excluding carboxylic acids is 1. The lowest BCUT2D eigenvalue weighted by Crippen LogP contribution is -2.31. The lowest BCUT2D eigenvalue weighted by molar-refractivity contribution is 0.0941. The number of nitrogens with two attached hydrogens (primary N) is 1. The van der Waals surface area contributed by atoms with E-state index in [9.17, 15) is 4.79 Å². The van der Waals surface area contributed by atoms with Gasteiger partial charge in [0.1, 0.15) is 5.82 Å². The van der Waals surface area contributed by atoms with Gasteiger partial charge in [0.25, 0.3) is 5.91 Å². The van der Waals surface area contributed by atoms with Gasteiger partial charge in [-0.05, 0) is 43.2 Å². The van der Waals surface area contributed by atoms with Gasteiger partial charge in [0.15, 0.2) is 0 Å². The highest BCUT2D eigenvalue weighted by atomic mass is 16.1. The van der Waals surface area contributed by atoms with Crippen LogP contribution < -0.4 is 11.1 Å². The van der Waals surface area contributed by atoms with E-state index in [-0.39, 0.29) is 5.91 Å². The molecule has 0 atom stereocenters. The van der Waals surface area contributed by atoms with E-state index in [2.05, 4.69) is 24.1 Å². The van der Waals surface area contributed by atoms with Crippen LogP contribution in [-0.4, -0.2) is 17.4 Å². The molecule has 21 heavy (non-hydrogen) atoms. The molecule has 2 rings (SSSR count). The first-order chi connectivity index (χ1) is 10.1. The Kier molecular flexibility index (Phi) is 5.59. The van der Waals surface area contributed by atoms with Crippen LogP contribution in [0.15, 0.2) is 12.1 Å². The molecule has 4 heteroatoms. The van der Waals surface area contributed by atoms with Crippen molar-refractivity contribution in [1.82, 2.24) is 10.3 Å². The molecule has 1 aliphatic carbocycles. The van der Waals surface area contributed by atoms with Gasteiger partial charge < -0.3 is 11.1 Å². The minimum absolute atomic E-state index is 0.0277. The number of aromatic nitrogens is 1. The fourth-order valence-electron chi connectivity index (χ4n) is 3.00. The number of carbonyl (C=O) groups is 1. The van der Waals surface area contributed by atoms with Gasteiger partial charge >= 0.3 is 0 Å². The maximum absolute atomic E-state index is 12.3. The van der Waals surface area contributed by atoms with E-state index in [1.165, 1.54) is 25.7 Å². The van der Waals surface area contributed by atoms with Crippen molar-refractivity contribution in [3.05, 3.63) is 23.4 Å². The number of hydrogen-bond acceptors (Lipinski definition) is 3. The van der Waals surface area contributed by atoms with Gasteiger partial charge in [-0.2, -0.15) is 0 Å². The highest BCUT2D eigenvalue weighted by molar-refractivity contribution is 5.94. The SMILES string of the molecule is CCCc1cc(C(=O)NCC2CCC(C)CC2)cc(N)n1. The minimum Gasteiger partial charge on any atom is -0.384 e. The Hall–Kier alpha value is -1.58. The smallest absolute Gasteiger partial charge is 0.251 e. The predicted octanol–water partition coefficient (Wildman–Crippen LogP) is 3.17. The highest BCUT2D eigenvalue weighted by Crippen LogP contribution is 2.27. The van der Waals surface area contributed by atoms with E-state index >= 15 is 0 Å². The fourth-order valence-corrected chi connectivity index (χ4v) is 3.00. The molecule has 0 bridgehead atoms. The van der Waals surface area contributed by atoms with Crippen molar-refractivity contribution >= 4 is 11.7 Å². The Morgan fingerprint density at radius 1 is 1.33 bits per heavy atom. The largest absolute Gasteiger partial charge is 0.384 e. The molecule has 0 radical (unpaired) electrons. The topological polar surface area (TPSA) is 68.0 Å². The maximum atomic E-state index is 12.3. The van der Waals surface area contributed by atoms with E-state index in [0.29, 0.717) is 17.3 Å². The van der Waals surface area contributed by atoms with Crippen molar-refractivity contribution in [2.45, 2.75) is 52.4 Å². The molecule has 1 aromatic heterocycles. The number of rotatable bonds is 5. The van der Waals surface area contributed by atoms with E-state index in [1.54, 1.807) is 6.07 Å². The van der Waals surface area contributed by atoms with Crippen molar-refractivity contribution < 1.29 is 4.79 Å². The standard InChI is InChI=1S/C17H27N3O/c1-3-4-15-9-14(10-16(18)20-15)17(21)19-11-13-7-5-12(2)6-8-13/h9-10,12-13H,3-8,11H2,1-2H3,(H2,18,20)(H,19,21). The lowest BCUT2D eigenvalue weighted by atomic mass is 9.83. The molecule has 0 spiro atoms. The highest BCUT2D eigenvalue weighted by Gasteiger charge is 2.19.